The number of aryl methyl sites for hydroxylation is 1. The average Bonchev–Trinajstić information content (AvgIpc) is 2.99. The number of imidazole rings is 1. The molecular formula is C12H15N5S. The number of hydrogen-bond donors (Lipinski definition) is 1. The first kappa shape index (κ1) is 11.4. The van der Waals surface area contributed by atoms with Gasteiger partial charge in [-0.05, 0) is 6.92 Å². The fourth-order valence-electron chi connectivity index (χ4n) is 1.90. The molecule has 0 radical (unpaired) electrons. The first-order valence-corrected chi connectivity index (χ1v) is 6.71. The van der Waals surface area contributed by atoms with Gasteiger partial charge in [0.1, 0.15) is 0 Å². The zero-order valence-corrected chi connectivity index (χ0v) is 11.2. The van der Waals surface area contributed by atoms with Gasteiger partial charge in [0.2, 0.25) is 0 Å². The minimum absolute atomic E-state index is 0.780. The van der Waals surface area contributed by atoms with Crippen LogP contribution in [0.5, 0.6) is 0 Å². The summed E-state index contributed by atoms with van der Waals surface area (Å²) in [5.74, 6) is 0. The van der Waals surface area contributed by atoms with Gasteiger partial charge < -0.3 is 5.32 Å². The maximum Gasteiger partial charge on any atom is 0.193 e. The molecule has 3 aromatic rings. The van der Waals surface area contributed by atoms with Crippen molar-refractivity contribution >= 4 is 16.3 Å². The summed E-state index contributed by atoms with van der Waals surface area (Å²) in [5, 5.41) is 9.67. The maximum atomic E-state index is 4.53. The predicted octanol–water partition coefficient (Wildman–Crippen LogP) is 1.73. The summed E-state index contributed by atoms with van der Waals surface area (Å²) >= 11 is 1.65. The standard InChI is InChI=1S/C12H15N5S/c1-9-10(6-14-16(9)2)5-13-7-11-8-17-3-4-18-12(17)15-11/h3-4,6,8,13H,5,7H2,1-2H3. The van der Waals surface area contributed by atoms with Gasteiger partial charge in [-0.15, -0.1) is 11.3 Å². The van der Waals surface area contributed by atoms with E-state index < -0.39 is 0 Å². The van der Waals surface area contributed by atoms with Gasteiger partial charge in [0.25, 0.3) is 0 Å². The lowest BCUT2D eigenvalue weighted by Gasteiger charge is -2.02. The van der Waals surface area contributed by atoms with Crippen molar-refractivity contribution in [1.29, 1.82) is 0 Å². The van der Waals surface area contributed by atoms with Gasteiger partial charge in [0, 0.05) is 49.2 Å². The van der Waals surface area contributed by atoms with E-state index in [0.717, 1.165) is 23.7 Å². The third kappa shape index (κ3) is 2.04. The number of aromatic nitrogens is 4. The molecule has 0 atom stereocenters. The van der Waals surface area contributed by atoms with Crippen LogP contribution in [-0.4, -0.2) is 19.2 Å². The van der Waals surface area contributed by atoms with Gasteiger partial charge in [-0.2, -0.15) is 5.10 Å². The van der Waals surface area contributed by atoms with Gasteiger partial charge in [0.15, 0.2) is 4.96 Å². The van der Waals surface area contributed by atoms with Gasteiger partial charge in [-0.1, -0.05) is 0 Å². The van der Waals surface area contributed by atoms with Crippen LogP contribution in [-0.2, 0) is 20.1 Å². The molecule has 0 bridgehead atoms. The molecule has 18 heavy (non-hydrogen) atoms. The van der Waals surface area contributed by atoms with Crippen LogP contribution in [0.2, 0.25) is 0 Å². The van der Waals surface area contributed by atoms with Crippen molar-refractivity contribution < 1.29 is 0 Å². The molecule has 0 saturated heterocycles. The Morgan fingerprint density at radius 1 is 1.39 bits per heavy atom. The monoisotopic (exact) mass is 261 g/mol. The topological polar surface area (TPSA) is 47.1 Å². The minimum Gasteiger partial charge on any atom is -0.307 e. The van der Waals surface area contributed by atoms with Crippen molar-refractivity contribution in [3.63, 3.8) is 0 Å². The summed E-state index contributed by atoms with van der Waals surface area (Å²) < 4.78 is 3.95. The van der Waals surface area contributed by atoms with Crippen LogP contribution >= 0.6 is 11.3 Å². The van der Waals surface area contributed by atoms with E-state index in [4.69, 9.17) is 0 Å². The normalized spacial score (nSPS) is 11.4. The van der Waals surface area contributed by atoms with Crippen molar-refractivity contribution in [2.45, 2.75) is 20.0 Å². The molecule has 94 valence electrons. The quantitative estimate of drug-likeness (QED) is 0.778. The highest BCUT2D eigenvalue weighted by atomic mass is 32.1. The molecule has 3 heterocycles. The second-order valence-electron chi connectivity index (χ2n) is 4.31. The van der Waals surface area contributed by atoms with Crippen molar-refractivity contribution in [2.75, 3.05) is 0 Å². The fourth-order valence-corrected chi connectivity index (χ4v) is 2.62. The summed E-state index contributed by atoms with van der Waals surface area (Å²) in [5.41, 5.74) is 3.51. The number of rotatable bonds is 4. The Morgan fingerprint density at radius 2 is 2.28 bits per heavy atom. The van der Waals surface area contributed by atoms with Crippen LogP contribution in [0.15, 0.2) is 24.0 Å². The number of fused-ring (bicyclic) bond motifs is 1. The van der Waals surface area contributed by atoms with Crippen LogP contribution in [0.3, 0.4) is 0 Å². The van der Waals surface area contributed by atoms with E-state index in [0.29, 0.717) is 0 Å². The largest absolute Gasteiger partial charge is 0.307 e. The molecule has 0 aliphatic carbocycles. The Bertz CT molecular complexity index is 634. The maximum absolute atomic E-state index is 4.53. The van der Waals surface area contributed by atoms with Crippen LogP contribution in [0.1, 0.15) is 17.0 Å². The average molecular weight is 261 g/mol. The van der Waals surface area contributed by atoms with Gasteiger partial charge in [0.05, 0.1) is 11.9 Å². The highest BCUT2D eigenvalue weighted by Crippen LogP contribution is 2.11. The molecule has 3 aromatic heterocycles. The third-order valence-corrected chi connectivity index (χ3v) is 3.87. The molecule has 0 spiro atoms. The van der Waals surface area contributed by atoms with Gasteiger partial charge in [-0.3, -0.25) is 9.08 Å². The Balaban J connectivity index is 1.61. The zero-order chi connectivity index (χ0) is 12.5. The molecule has 0 unspecified atom stereocenters. The SMILES string of the molecule is Cc1c(CNCc2cn3ccsc3n2)cnn1C. The first-order valence-electron chi connectivity index (χ1n) is 5.83. The summed E-state index contributed by atoms with van der Waals surface area (Å²) in [6.07, 6.45) is 6.00. The van der Waals surface area contributed by atoms with Crippen molar-refractivity contribution in [3.8, 4) is 0 Å². The summed E-state index contributed by atoms with van der Waals surface area (Å²) in [6, 6.07) is 0. The van der Waals surface area contributed by atoms with Crippen LogP contribution in [0, 0.1) is 6.92 Å². The molecule has 1 N–H and O–H groups in total. The molecule has 3 rings (SSSR count). The minimum atomic E-state index is 0.780. The molecule has 0 aliphatic heterocycles. The van der Waals surface area contributed by atoms with E-state index >= 15 is 0 Å². The number of nitrogens with zero attached hydrogens (tertiary/aromatic N) is 4. The van der Waals surface area contributed by atoms with E-state index in [1.807, 2.05) is 29.5 Å². The van der Waals surface area contributed by atoms with Crippen LogP contribution in [0.4, 0.5) is 0 Å². The number of nitrogens with one attached hydrogen (secondary N) is 1. The number of hydrogen-bond acceptors (Lipinski definition) is 4. The van der Waals surface area contributed by atoms with E-state index in [1.165, 1.54) is 11.3 Å². The molecule has 5 nitrogen and oxygen atoms in total. The lowest BCUT2D eigenvalue weighted by atomic mass is 10.2. The summed E-state index contributed by atoms with van der Waals surface area (Å²) in [4.78, 5) is 5.58. The summed E-state index contributed by atoms with van der Waals surface area (Å²) in [6.45, 7) is 3.68. The van der Waals surface area contributed by atoms with E-state index in [-0.39, 0.29) is 0 Å². The van der Waals surface area contributed by atoms with E-state index in [1.54, 1.807) is 11.3 Å². The molecular weight excluding hydrogens is 246 g/mol. The van der Waals surface area contributed by atoms with E-state index in [9.17, 15) is 0 Å². The highest BCUT2D eigenvalue weighted by molar-refractivity contribution is 7.15. The van der Waals surface area contributed by atoms with Gasteiger partial charge in [-0.25, -0.2) is 4.98 Å². The Hall–Kier alpha value is -1.66. The van der Waals surface area contributed by atoms with Crippen molar-refractivity contribution in [1.82, 2.24) is 24.5 Å². The van der Waals surface area contributed by atoms with Crippen molar-refractivity contribution in [2.24, 2.45) is 7.05 Å². The van der Waals surface area contributed by atoms with Gasteiger partial charge >= 0.3 is 0 Å². The van der Waals surface area contributed by atoms with Crippen LogP contribution < -0.4 is 5.32 Å². The van der Waals surface area contributed by atoms with E-state index in [2.05, 4.69) is 32.9 Å². The second kappa shape index (κ2) is 4.55. The Labute approximate surface area is 109 Å². The smallest absolute Gasteiger partial charge is 0.193 e. The highest BCUT2D eigenvalue weighted by Gasteiger charge is 2.05. The molecule has 0 fully saturated rings. The lowest BCUT2D eigenvalue weighted by molar-refractivity contribution is 0.675. The third-order valence-electron chi connectivity index (χ3n) is 3.10. The Kier molecular flexibility index (Phi) is 2.89. The first-order chi connectivity index (χ1) is 8.74. The number of thiazole rings is 1. The molecule has 0 aromatic carbocycles. The summed E-state index contributed by atoms with van der Waals surface area (Å²) in [7, 11) is 1.96. The lowest BCUT2D eigenvalue weighted by Crippen LogP contribution is -2.13. The van der Waals surface area contributed by atoms with Crippen molar-refractivity contribution in [3.05, 3.63) is 40.9 Å². The van der Waals surface area contributed by atoms with Crippen LogP contribution in [0.25, 0.3) is 4.96 Å². The fraction of sp³-hybridized carbons (Fsp3) is 0.333. The second-order valence-corrected chi connectivity index (χ2v) is 5.18. The predicted molar refractivity (Wildman–Crippen MR) is 71.6 cm³/mol. The molecule has 0 saturated carbocycles. The zero-order valence-electron chi connectivity index (χ0n) is 10.4. The molecule has 0 amide bonds. The molecule has 6 heteroatoms. The Morgan fingerprint density at radius 3 is 3.00 bits per heavy atom. The molecule has 0 aliphatic rings.